The predicted octanol–water partition coefficient (Wildman–Crippen LogP) is 7.35. The monoisotopic (exact) mass is 400 g/mol. The Kier molecular flexibility index (Phi) is 15.6. The Balaban J connectivity index is 4.48. The van der Waals surface area contributed by atoms with Crippen LogP contribution in [0.4, 0.5) is 0 Å². The van der Waals surface area contributed by atoms with Crippen LogP contribution in [0.2, 0.25) is 0 Å². The molecule has 1 N–H and O–H groups in total. The van der Waals surface area contributed by atoms with Gasteiger partial charge < -0.3 is 9.84 Å². The molecule has 3 nitrogen and oxygen atoms in total. The molecular weight excluding hydrogens is 360 g/mol. The summed E-state index contributed by atoms with van der Waals surface area (Å²) in [6, 6.07) is 0. The van der Waals surface area contributed by atoms with Crippen LogP contribution in [-0.4, -0.2) is 24.8 Å². The van der Waals surface area contributed by atoms with Crippen LogP contribution in [0.25, 0.3) is 0 Å². The first kappa shape index (κ1) is 26.9. The van der Waals surface area contributed by atoms with Gasteiger partial charge in [0, 0.05) is 13.2 Å². The summed E-state index contributed by atoms with van der Waals surface area (Å²) in [7, 11) is 1.69. The average molecular weight is 401 g/mol. The number of carboxylic acids is 1. The fraction of sp³-hybridized carbons (Fsp3) is 0.500. The Hall–Kier alpha value is -2.13. The highest BCUT2D eigenvalue weighted by Gasteiger charge is 1.97. The van der Waals surface area contributed by atoms with Crippen LogP contribution in [0.5, 0.6) is 0 Å². The van der Waals surface area contributed by atoms with Gasteiger partial charge in [0.15, 0.2) is 0 Å². The molecule has 0 amide bonds. The molecule has 0 atom stereocenters. The summed E-state index contributed by atoms with van der Waals surface area (Å²) < 4.78 is 5.28. The van der Waals surface area contributed by atoms with E-state index in [0.717, 1.165) is 38.5 Å². The Labute approximate surface area is 178 Å². The third-order valence-electron chi connectivity index (χ3n) is 4.45. The molecule has 0 bridgehead atoms. The summed E-state index contributed by atoms with van der Waals surface area (Å²) in [5, 5.41) is 8.74. The summed E-state index contributed by atoms with van der Waals surface area (Å²) >= 11 is 0. The summed E-state index contributed by atoms with van der Waals surface area (Å²) in [6.45, 7) is 11.1. The van der Waals surface area contributed by atoms with E-state index >= 15 is 0 Å². The summed E-state index contributed by atoms with van der Waals surface area (Å²) in [5.41, 5.74) is 6.20. The van der Waals surface area contributed by atoms with Crippen molar-refractivity contribution in [3.63, 3.8) is 0 Å². The first-order chi connectivity index (χ1) is 13.7. The van der Waals surface area contributed by atoms with Crippen molar-refractivity contribution in [2.45, 2.75) is 73.1 Å². The van der Waals surface area contributed by atoms with Gasteiger partial charge in [-0.1, -0.05) is 53.2 Å². The van der Waals surface area contributed by atoms with Gasteiger partial charge in [0.1, 0.15) is 0 Å². The molecule has 0 rings (SSSR count). The maximum Gasteiger partial charge on any atom is 0.328 e. The lowest BCUT2D eigenvalue weighted by Crippen LogP contribution is -1.94. The van der Waals surface area contributed by atoms with E-state index in [1.807, 2.05) is 12.2 Å². The van der Waals surface area contributed by atoms with Crippen LogP contribution in [0, 0.1) is 0 Å². The highest BCUT2D eigenvalue weighted by molar-refractivity contribution is 5.81. The van der Waals surface area contributed by atoms with Gasteiger partial charge in [-0.15, -0.1) is 0 Å². The molecule has 0 aliphatic rings. The number of carbonyl (C=O) groups is 1. The topological polar surface area (TPSA) is 46.5 Å². The molecule has 0 aromatic carbocycles. The predicted molar refractivity (Wildman–Crippen MR) is 125 cm³/mol. The summed E-state index contributed by atoms with van der Waals surface area (Å²) in [5.74, 6) is -0.924. The van der Waals surface area contributed by atoms with E-state index in [9.17, 15) is 4.79 Å². The van der Waals surface area contributed by atoms with E-state index in [2.05, 4.69) is 45.9 Å². The number of hydrogen-bond acceptors (Lipinski definition) is 2. The van der Waals surface area contributed by atoms with Crippen LogP contribution in [0.1, 0.15) is 73.1 Å². The van der Waals surface area contributed by atoms with Crippen LogP contribution in [0.15, 0.2) is 70.4 Å². The minimum atomic E-state index is -0.924. The molecule has 0 aromatic heterocycles. The molecule has 0 aliphatic carbocycles. The second kappa shape index (κ2) is 16.8. The fourth-order valence-electron chi connectivity index (χ4n) is 2.81. The van der Waals surface area contributed by atoms with Crippen molar-refractivity contribution >= 4 is 5.97 Å². The largest absolute Gasteiger partial charge is 0.478 e. The molecule has 0 radical (unpaired) electrons. The quantitative estimate of drug-likeness (QED) is 0.188. The number of ether oxygens (including phenoxy) is 1. The van der Waals surface area contributed by atoms with Crippen LogP contribution < -0.4 is 0 Å². The van der Waals surface area contributed by atoms with Crippen LogP contribution >= 0.6 is 0 Å². The lowest BCUT2D eigenvalue weighted by Gasteiger charge is -2.05. The maximum atomic E-state index is 10.6. The highest BCUT2D eigenvalue weighted by atomic mass is 16.5. The molecule has 0 aliphatic heterocycles. The van der Waals surface area contributed by atoms with Crippen molar-refractivity contribution < 1.29 is 14.6 Å². The zero-order chi connectivity index (χ0) is 22.1. The Morgan fingerprint density at radius 1 is 0.862 bits per heavy atom. The molecule has 0 unspecified atom stereocenters. The van der Waals surface area contributed by atoms with E-state index in [-0.39, 0.29) is 0 Å². The third-order valence-corrected chi connectivity index (χ3v) is 4.45. The van der Waals surface area contributed by atoms with Gasteiger partial charge in [0.2, 0.25) is 0 Å². The average Bonchev–Trinajstić information content (AvgIpc) is 2.60. The Bertz CT molecular complexity index is 666. The molecule has 0 saturated heterocycles. The molecule has 29 heavy (non-hydrogen) atoms. The summed E-state index contributed by atoms with van der Waals surface area (Å²) in [4.78, 5) is 10.6. The molecular formula is C26H40O3. The summed E-state index contributed by atoms with van der Waals surface area (Å²) in [6.07, 6.45) is 20.3. The first-order valence-corrected chi connectivity index (χ1v) is 10.5. The minimum absolute atomic E-state index is 0.590. The zero-order valence-electron chi connectivity index (χ0n) is 19.3. The minimum Gasteiger partial charge on any atom is -0.478 e. The lowest BCUT2D eigenvalue weighted by molar-refractivity contribution is -0.131. The van der Waals surface area contributed by atoms with E-state index in [1.54, 1.807) is 20.1 Å². The Morgan fingerprint density at radius 2 is 1.41 bits per heavy atom. The van der Waals surface area contributed by atoms with Crippen molar-refractivity contribution in [3.8, 4) is 0 Å². The fourth-order valence-corrected chi connectivity index (χ4v) is 2.81. The van der Waals surface area contributed by atoms with E-state index in [1.165, 1.54) is 28.4 Å². The first-order valence-electron chi connectivity index (χ1n) is 10.5. The number of allylic oxidation sites excluding steroid dienone is 10. The van der Waals surface area contributed by atoms with Crippen LogP contribution in [-0.2, 0) is 9.53 Å². The van der Waals surface area contributed by atoms with Gasteiger partial charge in [-0.3, -0.25) is 0 Å². The van der Waals surface area contributed by atoms with Gasteiger partial charge in [0.25, 0.3) is 0 Å². The molecule has 0 fully saturated rings. The molecule has 3 heteroatoms. The molecule has 162 valence electrons. The SMILES string of the molecule is COCC(=CC=CC(C)=CC(=O)O)CCC=C(C)CCC=C(C)CCC=C(C)C. The number of hydrogen-bond donors (Lipinski definition) is 1. The number of rotatable bonds is 14. The van der Waals surface area contributed by atoms with Crippen LogP contribution in [0.3, 0.4) is 0 Å². The molecule has 0 saturated carbocycles. The van der Waals surface area contributed by atoms with Crippen molar-refractivity contribution in [1.29, 1.82) is 0 Å². The van der Waals surface area contributed by atoms with Crippen molar-refractivity contribution in [2.75, 3.05) is 13.7 Å². The van der Waals surface area contributed by atoms with Gasteiger partial charge in [-0.05, 0) is 84.3 Å². The highest BCUT2D eigenvalue weighted by Crippen LogP contribution is 2.14. The third kappa shape index (κ3) is 17.7. The van der Waals surface area contributed by atoms with Crippen molar-refractivity contribution in [1.82, 2.24) is 0 Å². The van der Waals surface area contributed by atoms with Crippen molar-refractivity contribution in [2.24, 2.45) is 0 Å². The zero-order valence-corrected chi connectivity index (χ0v) is 19.3. The Morgan fingerprint density at radius 3 is 1.93 bits per heavy atom. The van der Waals surface area contributed by atoms with Gasteiger partial charge in [-0.2, -0.15) is 0 Å². The second-order valence-corrected chi connectivity index (χ2v) is 7.84. The standard InChI is InChI=1S/C26H40O3/c1-21(2)11-7-12-22(3)13-8-14-23(4)15-9-17-25(20-29-6)18-10-16-24(5)19-26(27)28/h10-11,13,15-16,18-19H,7-9,12,14,17,20H2,1-6H3,(H,27,28). The van der Waals surface area contributed by atoms with Crippen molar-refractivity contribution in [3.05, 3.63) is 70.4 Å². The maximum absolute atomic E-state index is 10.6. The van der Waals surface area contributed by atoms with Gasteiger partial charge in [0.05, 0.1) is 6.61 Å². The van der Waals surface area contributed by atoms with E-state index in [0.29, 0.717) is 12.2 Å². The normalized spacial score (nSPS) is 13.9. The molecule has 0 heterocycles. The lowest BCUT2D eigenvalue weighted by atomic mass is 10.0. The number of aliphatic carboxylic acids is 1. The van der Waals surface area contributed by atoms with E-state index < -0.39 is 5.97 Å². The molecule has 0 spiro atoms. The van der Waals surface area contributed by atoms with Gasteiger partial charge in [-0.25, -0.2) is 4.79 Å². The number of methoxy groups -OCH3 is 1. The molecule has 0 aromatic rings. The number of carboxylic acid groups (broad SMARTS) is 1. The van der Waals surface area contributed by atoms with E-state index in [4.69, 9.17) is 9.84 Å². The smallest absolute Gasteiger partial charge is 0.328 e. The second-order valence-electron chi connectivity index (χ2n) is 7.84. The van der Waals surface area contributed by atoms with Gasteiger partial charge >= 0.3 is 5.97 Å².